The van der Waals surface area contributed by atoms with Gasteiger partial charge in [-0.05, 0) is 36.6 Å². The highest BCUT2D eigenvalue weighted by Gasteiger charge is 2.50. The highest BCUT2D eigenvalue weighted by molar-refractivity contribution is 5.84. The number of amides is 1. The van der Waals surface area contributed by atoms with Crippen molar-refractivity contribution in [3.8, 4) is 5.75 Å². The Bertz CT molecular complexity index is 1360. The summed E-state index contributed by atoms with van der Waals surface area (Å²) < 4.78 is 22.0. The van der Waals surface area contributed by atoms with Gasteiger partial charge in [-0.1, -0.05) is 63.2 Å². The van der Waals surface area contributed by atoms with Crippen LogP contribution in [0.4, 0.5) is 21.5 Å². The van der Waals surface area contributed by atoms with E-state index in [4.69, 9.17) is 4.74 Å². The third kappa shape index (κ3) is 4.59. The predicted molar refractivity (Wildman–Crippen MR) is 144 cm³/mol. The van der Waals surface area contributed by atoms with Crippen LogP contribution in [0, 0.1) is 21.3 Å². The van der Waals surface area contributed by atoms with Crippen LogP contribution < -0.4 is 9.64 Å². The molecule has 0 radical (unpaired) electrons. The minimum Gasteiger partial charge on any atom is -0.487 e. The number of benzene rings is 3. The molecule has 2 aliphatic rings. The minimum absolute atomic E-state index is 0.0471. The van der Waals surface area contributed by atoms with Crippen LogP contribution in [0.15, 0.2) is 66.7 Å². The number of carbonyl (C=O) groups is 1. The van der Waals surface area contributed by atoms with Gasteiger partial charge < -0.3 is 14.5 Å². The molecule has 3 aromatic carbocycles. The molecule has 7 nitrogen and oxygen atoms in total. The molecule has 38 heavy (non-hydrogen) atoms. The Hall–Kier alpha value is -3.94. The van der Waals surface area contributed by atoms with Gasteiger partial charge in [0.1, 0.15) is 23.9 Å². The summed E-state index contributed by atoms with van der Waals surface area (Å²) in [5.41, 5.74) is 1.26. The Balaban J connectivity index is 1.58. The maximum absolute atomic E-state index is 15.8. The molecule has 0 atom stereocenters. The number of anilines is 2. The molecule has 5 rings (SSSR count). The molecule has 2 aliphatic heterocycles. The first kappa shape index (κ1) is 25.7. The third-order valence-corrected chi connectivity index (χ3v) is 7.61. The number of fused-ring (bicyclic) bond motifs is 2. The first-order valence-electron chi connectivity index (χ1n) is 12.9. The second kappa shape index (κ2) is 9.74. The molecular formula is C30H32FN3O4. The summed E-state index contributed by atoms with van der Waals surface area (Å²) in [5.74, 6) is 0.193. The molecule has 0 bridgehead atoms. The van der Waals surface area contributed by atoms with Crippen molar-refractivity contribution in [1.29, 1.82) is 0 Å². The van der Waals surface area contributed by atoms with Crippen molar-refractivity contribution in [1.82, 2.24) is 4.90 Å². The van der Waals surface area contributed by atoms with Gasteiger partial charge in [-0.25, -0.2) is 4.39 Å². The number of hydrogen-bond acceptors (Lipinski definition) is 5. The van der Waals surface area contributed by atoms with Crippen LogP contribution in [0.1, 0.15) is 44.7 Å². The van der Waals surface area contributed by atoms with E-state index in [2.05, 4.69) is 0 Å². The quantitative estimate of drug-likeness (QED) is 0.290. The zero-order valence-electron chi connectivity index (χ0n) is 21.9. The molecule has 1 spiro atoms. The number of carbonyl (C=O) groups excluding carboxylic acids is 1. The average molecular weight is 518 g/mol. The summed E-state index contributed by atoms with van der Waals surface area (Å²) in [6, 6.07) is 19.3. The second-order valence-electron chi connectivity index (χ2n) is 11.2. The number of hydrogen-bond donors (Lipinski definition) is 0. The summed E-state index contributed by atoms with van der Waals surface area (Å²) in [4.78, 5) is 28.2. The summed E-state index contributed by atoms with van der Waals surface area (Å²) in [7, 11) is 0. The molecule has 198 valence electrons. The van der Waals surface area contributed by atoms with Crippen molar-refractivity contribution < 1.29 is 18.8 Å². The second-order valence-corrected chi connectivity index (χ2v) is 11.2. The van der Waals surface area contributed by atoms with Gasteiger partial charge in [-0.15, -0.1) is 0 Å². The number of nitro groups is 1. The minimum atomic E-state index is -0.607. The summed E-state index contributed by atoms with van der Waals surface area (Å²) in [5, 5.41) is 12.0. The Labute approximate surface area is 222 Å². The molecule has 3 aromatic rings. The lowest BCUT2D eigenvalue weighted by molar-refractivity contribution is -0.384. The Morgan fingerprint density at radius 1 is 1.03 bits per heavy atom. The number of nitrogens with zero attached hydrogens (tertiary/aromatic N) is 3. The fourth-order valence-corrected chi connectivity index (χ4v) is 5.71. The van der Waals surface area contributed by atoms with E-state index in [1.54, 1.807) is 24.3 Å². The Kier molecular flexibility index (Phi) is 6.59. The maximum atomic E-state index is 15.8. The third-order valence-electron chi connectivity index (χ3n) is 7.61. The van der Waals surface area contributed by atoms with Crippen LogP contribution in [0.3, 0.4) is 0 Å². The van der Waals surface area contributed by atoms with Gasteiger partial charge in [0.15, 0.2) is 0 Å². The Morgan fingerprint density at radius 3 is 2.34 bits per heavy atom. The zero-order valence-corrected chi connectivity index (χ0v) is 21.9. The van der Waals surface area contributed by atoms with Crippen LogP contribution in [0.2, 0.25) is 0 Å². The van der Waals surface area contributed by atoms with Crippen molar-refractivity contribution in [2.24, 2.45) is 5.41 Å². The molecule has 0 aromatic heterocycles. The van der Waals surface area contributed by atoms with Crippen LogP contribution in [0.25, 0.3) is 0 Å². The number of rotatable bonds is 5. The monoisotopic (exact) mass is 517 g/mol. The van der Waals surface area contributed by atoms with Crippen LogP contribution in [-0.2, 0) is 16.8 Å². The summed E-state index contributed by atoms with van der Waals surface area (Å²) in [6.45, 7) is 7.34. The zero-order chi connectivity index (χ0) is 27.1. The van der Waals surface area contributed by atoms with E-state index >= 15 is 4.39 Å². The molecule has 1 saturated heterocycles. The van der Waals surface area contributed by atoms with Crippen LogP contribution >= 0.6 is 0 Å². The van der Waals surface area contributed by atoms with Crippen molar-refractivity contribution >= 4 is 23.0 Å². The first-order chi connectivity index (χ1) is 18.1. The molecule has 0 saturated carbocycles. The summed E-state index contributed by atoms with van der Waals surface area (Å²) >= 11 is 0. The number of ether oxygens (including phenoxy) is 1. The fourth-order valence-electron chi connectivity index (χ4n) is 5.71. The molecule has 2 heterocycles. The summed E-state index contributed by atoms with van der Waals surface area (Å²) in [6.07, 6.45) is 1.11. The Morgan fingerprint density at radius 2 is 1.68 bits per heavy atom. The van der Waals surface area contributed by atoms with Crippen LogP contribution in [0.5, 0.6) is 5.75 Å². The maximum Gasteiger partial charge on any atom is 0.292 e. The normalized spacial score (nSPS) is 16.4. The van der Waals surface area contributed by atoms with Gasteiger partial charge in [-0.3, -0.25) is 14.9 Å². The van der Waals surface area contributed by atoms with Gasteiger partial charge >= 0.3 is 0 Å². The van der Waals surface area contributed by atoms with Gasteiger partial charge in [0.2, 0.25) is 5.91 Å². The predicted octanol–water partition coefficient (Wildman–Crippen LogP) is 6.37. The first-order valence-corrected chi connectivity index (χ1v) is 12.9. The average Bonchev–Trinajstić information content (AvgIpc) is 3.23. The molecule has 0 N–H and O–H groups in total. The van der Waals surface area contributed by atoms with Gasteiger partial charge in [0.25, 0.3) is 5.69 Å². The van der Waals surface area contributed by atoms with Gasteiger partial charge in [0, 0.05) is 42.1 Å². The van der Waals surface area contributed by atoms with E-state index < -0.39 is 15.8 Å². The SMILES string of the molecule is CC(C)(C)C(=O)N1CCC2(CC1)CN(c1ccccc1[N+](=O)[O-])c1c(OCc3ccccc3)ccc(F)c12. The number of likely N-dealkylation sites (tertiary alicyclic amines) is 1. The largest absolute Gasteiger partial charge is 0.487 e. The van der Waals surface area contributed by atoms with E-state index in [1.165, 1.54) is 12.1 Å². The topological polar surface area (TPSA) is 75.9 Å². The lowest BCUT2D eigenvalue weighted by Gasteiger charge is -2.41. The van der Waals surface area contributed by atoms with E-state index in [0.717, 1.165) is 5.56 Å². The van der Waals surface area contributed by atoms with Crippen molar-refractivity contribution in [3.05, 3.63) is 93.8 Å². The van der Waals surface area contributed by atoms with E-state index in [9.17, 15) is 14.9 Å². The lowest BCUT2D eigenvalue weighted by atomic mass is 9.73. The van der Waals surface area contributed by atoms with Crippen molar-refractivity contribution in [2.45, 2.75) is 45.6 Å². The van der Waals surface area contributed by atoms with Crippen molar-refractivity contribution in [3.63, 3.8) is 0 Å². The van der Waals surface area contributed by atoms with Crippen LogP contribution in [-0.4, -0.2) is 35.4 Å². The molecule has 1 amide bonds. The molecule has 8 heteroatoms. The van der Waals surface area contributed by atoms with Gasteiger partial charge in [0.05, 0.1) is 10.6 Å². The standard InChI is InChI=1S/C30H32FN3O4/c1-29(2,3)28(35)32-17-15-30(16-18-32)20-33(23-11-7-8-12-24(23)34(36)37)27-25(14-13-22(31)26(27)30)38-19-21-9-5-4-6-10-21/h4-14H,15-20H2,1-3H3. The smallest absolute Gasteiger partial charge is 0.292 e. The number of halogens is 1. The number of nitro benzene ring substituents is 1. The molecule has 0 aliphatic carbocycles. The van der Waals surface area contributed by atoms with E-state index in [1.807, 2.05) is 60.9 Å². The lowest BCUT2D eigenvalue weighted by Crippen LogP contribution is -2.49. The van der Waals surface area contributed by atoms with Crippen molar-refractivity contribution in [2.75, 3.05) is 24.5 Å². The highest BCUT2D eigenvalue weighted by atomic mass is 19.1. The molecule has 1 fully saturated rings. The molecule has 0 unspecified atom stereocenters. The number of piperidine rings is 1. The molecular weight excluding hydrogens is 485 g/mol. The highest BCUT2D eigenvalue weighted by Crippen LogP contribution is 2.55. The van der Waals surface area contributed by atoms with E-state index in [0.29, 0.717) is 55.2 Å². The van der Waals surface area contributed by atoms with E-state index in [-0.39, 0.29) is 24.0 Å². The van der Waals surface area contributed by atoms with Gasteiger partial charge in [-0.2, -0.15) is 0 Å². The number of para-hydroxylation sites is 2. The fraction of sp³-hybridized carbons (Fsp3) is 0.367.